The van der Waals surface area contributed by atoms with E-state index in [9.17, 15) is 4.79 Å². The molecule has 1 aliphatic heterocycles. The van der Waals surface area contributed by atoms with Gasteiger partial charge >= 0.3 is 0 Å². The number of anilines is 1. The van der Waals surface area contributed by atoms with Crippen LogP contribution in [0.2, 0.25) is 5.02 Å². The Morgan fingerprint density at radius 1 is 1.55 bits per heavy atom. The van der Waals surface area contributed by atoms with Crippen molar-refractivity contribution in [3.63, 3.8) is 0 Å². The summed E-state index contributed by atoms with van der Waals surface area (Å²) in [6, 6.07) is 5.09. The van der Waals surface area contributed by atoms with Gasteiger partial charge in [-0.15, -0.1) is 0 Å². The van der Waals surface area contributed by atoms with Crippen molar-refractivity contribution in [3.8, 4) is 5.75 Å². The summed E-state index contributed by atoms with van der Waals surface area (Å²) in [4.78, 5) is 17.1. The molecular weight excluding hydrogens is 306 g/mol. The van der Waals surface area contributed by atoms with Crippen LogP contribution in [0.3, 0.4) is 0 Å². The van der Waals surface area contributed by atoms with Gasteiger partial charge < -0.3 is 20.2 Å². The van der Waals surface area contributed by atoms with Gasteiger partial charge in [0.25, 0.3) is 0 Å². The van der Waals surface area contributed by atoms with Crippen LogP contribution in [0.25, 0.3) is 0 Å². The minimum absolute atomic E-state index is 0.0124. The van der Waals surface area contributed by atoms with Gasteiger partial charge in [0.1, 0.15) is 11.9 Å². The molecule has 0 aliphatic carbocycles. The van der Waals surface area contributed by atoms with Crippen molar-refractivity contribution >= 4 is 28.9 Å². The standard InChI is InChI=1S/C15H20ClN3O3/c1-3-10-6-12(22-19-10)8-17-9-15(20)18-11-4-5-13(16)14(7-11)21-2/h4-5,7,12,17H,3,6,8-9H2,1-2H3,(H,18,20). The maximum atomic E-state index is 11.9. The second-order valence-electron chi connectivity index (χ2n) is 4.97. The first-order valence-electron chi connectivity index (χ1n) is 7.18. The number of methoxy groups -OCH3 is 1. The fourth-order valence-corrected chi connectivity index (χ4v) is 2.29. The lowest BCUT2D eigenvalue weighted by Gasteiger charge is -2.11. The summed E-state index contributed by atoms with van der Waals surface area (Å²) in [6.07, 6.45) is 1.73. The number of halogens is 1. The van der Waals surface area contributed by atoms with Crippen LogP contribution in [-0.4, -0.2) is 37.9 Å². The molecule has 2 rings (SSSR count). The second-order valence-corrected chi connectivity index (χ2v) is 5.38. The van der Waals surface area contributed by atoms with Crippen LogP contribution in [0.15, 0.2) is 23.4 Å². The minimum Gasteiger partial charge on any atom is -0.495 e. The Kier molecular flexibility index (Phi) is 6.03. The Labute approximate surface area is 134 Å². The molecule has 7 heteroatoms. The van der Waals surface area contributed by atoms with Crippen LogP contribution >= 0.6 is 11.6 Å². The molecule has 0 radical (unpaired) electrons. The number of carbonyl (C=O) groups excluding carboxylic acids is 1. The van der Waals surface area contributed by atoms with E-state index in [1.54, 1.807) is 18.2 Å². The van der Waals surface area contributed by atoms with Gasteiger partial charge in [0, 0.05) is 24.7 Å². The number of ether oxygens (including phenoxy) is 1. The zero-order chi connectivity index (χ0) is 15.9. The van der Waals surface area contributed by atoms with E-state index in [2.05, 4.69) is 15.8 Å². The van der Waals surface area contributed by atoms with Gasteiger partial charge in [-0.05, 0) is 18.6 Å². The Bertz CT molecular complexity index is 563. The van der Waals surface area contributed by atoms with Crippen LogP contribution in [0.4, 0.5) is 5.69 Å². The van der Waals surface area contributed by atoms with Crippen molar-refractivity contribution in [1.82, 2.24) is 5.32 Å². The number of oxime groups is 1. The van der Waals surface area contributed by atoms with Gasteiger partial charge in [-0.1, -0.05) is 23.7 Å². The molecule has 1 atom stereocenters. The van der Waals surface area contributed by atoms with Crippen LogP contribution in [0.5, 0.6) is 5.75 Å². The molecule has 1 aromatic rings. The van der Waals surface area contributed by atoms with E-state index in [1.165, 1.54) is 7.11 Å². The first kappa shape index (κ1) is 16.6. The highest BCUT2D eigenvalue weighted by atomic mass is 35.5. The molecule has 2 N–H and O–H groups in total. The van der Waals surface area contributed by atoms with Crippen molar-refractivity contribution in [1.29, 1.82) is 0 Å². The van der Waals surface area contributed by atoms with E-state index >= 15 is 0 Å². The zero-order valence-electron chi connectivity index (χ0n) is 12.7. The van der Waals surface area contributed by atoms with E-state index in [4.69, 9.17) is 21.2 Å². The first-order valence-corrected chi connectivity index (χ1v) is 7.55. The largest absolute Gasteiger partial charge is 0.495 e. The molecule has 0 aromatic heterocycles. The maximum Gasteiger partial charge on any atom is 0.238 e. The number of rotatable bonds is 7. The molecule has 1 unspecified atom stereocenters. The summed E-state index contributed by atoms with van der Waals surface area (Å²) in [5.41, 5.74) is 1.70. The third-order valence-corrected chi connectivity index (χ3v) is 3.61. The zero-order valence-corrected chi connectivity index (χ0v) is 13.4. The third-order valence-electron chi connectivity index (χ3n) is 3.29. The highest BCUT2D eigenvalue weighted by Crippen LogP contribution is 2.27. The summed E-state index contributed by atoms with van der Waals surface area (Å²) < 4.78 is 5.11. The predicted molar refractivity (Wildman–Crippen MR) is 86.7 cm³/mol. The lowest BCUT2D eigenvalue weighted by atomic mass is 10.1. The molecule has 6 nitrogen and oxygen atoms in total. The Hall–Kier alpha value is -1.79. The molecule has 0 saturated heterocycles. The highest BCUT2D eigenvalue weighted by Gasteiger charge is 2.19. The normalized spacial score (nSPS) is 16.9. The SMILES string of the molecule is CCC1=NOC(CNCC(=O)Nc2ccc(Cl)c(OC)c2)C1. The van der Waals surface area contributed by atoms with Gasteiger partial charge in [0.05, 0.1) is 24.4 Å². The van der Waals surface area contributed by atoms with Crippen molar-refractivity contribution in [3.05, 3.63) is 23.2 Å². The highest BCUT2D eigenvalue weighted by molar-refractivity contribution is 6.32. The lowest BCUT2D eigenvalue weighted by Crippen LogP contribution is -2.34. The van der Waals surface area contributed by atoms with Crippen molar-refractivity contribution in [2.24, 2.45) is 5.16 Å². The monoisotopic (exact) mass is 325 g/mol. The average Bonchev–Trinajstić information content (AvgIpc) is 2.97. The molecule has 1 aromatic carbocycles. The lowest BCUT2D eigenvalue weighted by molar-refractivity contribution is -0.115. The molecule has 1 aliphatic rings. The molecule has 0 fully saturated rings. The van der Waals surface area contributed by atoms with Gasteiger partial charge in [0.2, 0.25) is 5.91 Å². The van der Waals surface area contributed by atoms with Gasteiger partial charge in [-0.3, -0.25) is 4.79 Å². The molecule has 0 saturated carbocycles. The van der Waals surface area contributed by atoms with Gasteiger partial charge in [0.15, 0.2) is 0 Å². The summed E-state index contributed by atoms with van der Waals surface area (Å²) in [5, 5.41) is 10.3. The fraction of sp³-hybridized carbons (Fsp3) is 0.467. The van der Waals surface area contributed by atoms with E-state index in [1.807, 2.05) is 6.92 Å². The van der Waals surface area contributed by atoms with Crippen LogP contribution in [0, 0.1) is 0 Å². The number of amides is 1. The minimum atomic E-state index is -0.140. The molecule has 0 bridgehead atoms. The molecule has 0 spiro atoms. The van der Waals surface area contributed by atoms with E-state index < -0.39 is 0 Å². The summed E-state index contributed by atoms with van der Waals surface area (Å²) in [6.45, 7) is 2.84. The number of nitrogens with zero attached hydrogens (tertiary/aromatic N) is 1. The number of hydrogen-bond donors (Lipinski definition) is 2. The molecular formula is C15H20ClN3O3. The van der Waals surface area contributed by atoms with Crippen molar-refractivity contribution < 1.29 is 14.4 Å². The van der Waals surface area contributed by atoms with E-state index in [-0.39, 0.29) is 18.6 Å². The van der Waals surface area contributed by atoms with Crippen LogP contribution in [0.1, 0.15) is 19.8 Å². The average molecular weight is 326 g/mol. The summed E-state index contributed by atoms with van der Waals surface area (Å²) in [5.74, 6) is 0.384. The summed E-state index contributed by atoms with van der Waals surface area (Å²) in [7, 11) is 1.53. The predicted octanol–water partition coefficient (Wildman–Crippen LogP) is 2.43. The van der Waals surface area contributed by atoms with Gasteiger partial charge in [-0.2, -0.15) is 0 Å². The third kappa shape index (κ3) is 4.61. The second kappa shape index (κ2) is 8.00. The number of carbonyl (C=O) groups is 1. The van der Waals surface area contributed by atoms with E-state index in [0.29, 0.717) is 23.0 Å². The van der Waals surface area contributed by atoms with Crippen molar-refractivity contribution in [2.45, 2.75) is 25.9 Å². The Morgan fingerprint density at radius 2 is 2.36 bits per heavy atom. The van der Waals surface area contributed by atoms with Crippen molar-refractivity contribution in [2.75, 3.05) is 25.5 Å². The fourth-order valence-electron chi connectivity index (χ4n) is 2.09. The Balaban J connectivity index is 1.72. The molecule has 22 heavy (non-hydrogen) atoms. The van der Waals surface area contributed by atoms with Gasteiger partial charge in [-0.25, -0.2) is 0 Å². The topological polar surface area (TPSA) is 72.0 Å². The number of benzene rings is 1. The van der Waals surface area contributed by atoms with E-state index in [0.717, 1.165) is 18.6 Å². The summed E-state index contributed by atoms with van der Waals surface area (Å²) >= 11 is 5.94. The Morgan fingerprint density at radius 3 is 3.05 bits per heavy atom. The molecule has 1 heterocycles. The molecule has 1 amide bonds. The number of nitrogens with one attached hydrogen (secondary N) is 2. The maximum absolute atomic E-state index is 11.9. The number of hydrogen-bond acceptors (Lipinski definition) is 5. The first-order chi connectivity index (χ1) is 10.6. The van der Waals surface area contributed by atoms with Crippen LogP contribution < -0.4 is 15.4 Å². The van der Waals surface area contributed by atoms with Crippen LogP contribution in [-0.2, 0) is 9.63 Å². The smallest absolute Gasteiger partial charge is 0.238 e. The molecule has 120 valence electrons. The quantitative estimate of drug-likeness (QED) is 0.807.